The van der Waals surface area contributed by atoms with Gasteiger partial charge in [-0.2, -0.15) is 0 Å². The Morgan fingerprint density at radius 1 is 0.444 bits per heavy atom. The Hall–Kier alpha value is 1.39. The second kappa shape index (κ2) is 14.8. The molecule has 0 N–H and O–H groups in total. The second-order valence-corrected chi connectivity index (χ2v) is 1.48. The van der Waals surface area contributed by atoms with E-state index in [0.717, 1.165) is 0 Å². The van der Waals surface area contributed by atoms with Gasteiger partial charge in [0, 0.05) is 0 Å². The smallest absolute Gasteiger partial charge is 1.00 e. The number of hydrogen-bond donors (Lipinski definition) is 0. The molecule has 0 atom stereocenters. The molecule has 0 amide bonds. The van der Waals surface area contributed by atoms with Crippen molar-refractivity contribution in [2.45, 2.75) is 0 Å². The molecule has 0 unspecified atom stereocenters. The van der Waals surface area contributed by atoms with Crippen LogP contribution in [0.3, 0.4) is 0 Å². The third-order valence-corrected chi connectivity index (χ3v) is 0. The van der Waals surface area contributed by atoms with Crippen molar-refractivity contribution in [1.82, 2.24) is 0 Å². The summed E-state index contributed by atoms with van der Waals surface area (Å²) < 4.78 is 117. The molecule has 0 fully saturated rings. The molecule has 0 aromatic rings. The van der Waals surface area contributed by atoms with E-state index >= 15 is 0 Å². The molecule has 0 nitrogen and oxygen atoms in total. The quantitative estimate of drug-likeness (QED) is 0.340. The molecule has 0 bridgehead atoms. The Morgan fingerprint density at radius 2 is 0.444 bits per heavy atom. The molecule has 18 heteroatoms. The summed E-state index contributed by atoms with van der Waals surface area (Å²) in [7, 11) is -13.4. The zero-order chi connectivity index (χ0) is 15.5. The van der Waals surface area contributed by atoms with Gasteiger partial charge in [0.2, 0.25) is 0 Å². The average molecular weight is 516 g/mol. The van der Waals surface area contributed by atoms with Gasteiger partial charge < -0.3 is 51.8 Å². The van der Waals surface area contributed by atoms with Crippen molar-refractivity contribution < 1.29 is 101 Å². The van der Waals surface area contributed by atoms with Crippen molar-refractivity contribution in [2.24, 2.45) is 0 Å². The van der Waals surface area contributed by atoms with E-state index in [1.54, 1.807) is 20.0 Å². The van der Waals surface area contributed by atoms with Gasteiger partial charge in [0.25, 0.3) is 0 Å². The first-order chi connectivity index (χ1) is 7.00. The summed E-state index contributed by atoms with van der Waals surface area (Å²) in [6.07, 6.45) is 0. The van der Waals surface area contributed by atoms with Crippen LogP contribution in [0.15, 0.2) is 0 Å². The third-order valence-electron chi connectivity index (χ3n) is 0. The van der Waals surface area contributed by atoms with E-state index in [1.165, 1.54) is 0 Å². The fourth-order valence-electron chi connectivity index (χ4n) is 0. The minimum atomic E-state index is -6.00. The molecule has 0 saturated heterocycles. The maximum Gasteiger partial charge on any atom is 1.00 e. The summed E-state index contributed by atoms with van der Waals surface area (Å²) in [5.74, 6) is 0. The number of hydrogen-bond acceptors (Lipinski definition) is 0. The summed E-state index contributed by atoms with van der Waals surface area (Å²) >= 11 is 1.75. The first-order valence-electron chi connectivity index (χ1n) is 2.73. The summed E-state index contributed by atoms with van der Waals surface area (Å²) in [6.45, 7) is 0. The molecule has 0 aliphatic heterocycles. The van der Waals surface area contributed by atoms with E-state index in [4.69, 9.17) is 0 Å². The SMILES string of the molecule is F[B-](F)(F)F.F[B-](F)(F)F.F[B-](F)(F)F.[Cl][Au+2].[Na+]. The van der Waals surface area contributed by atoms with Crippen LogP contribution in [-0.4, -0.2) is 21.8 Å². The minimum Gasteiger partial charge on any atom is 1.00 e. The van der Waals surface area contributed by atoms with Crippen LogP contribution in [0.25, 0.3) is 0 Å². The van der Waals surface area contributed by atoms with Crippen LogP contribution in [0.5, 0.6) is 0 Å². The van der Waals surface area contributed by atoms with E-state index in [1.807, 2.05) is 0 Å². The van der Waals surface area contributed by atoms with E-state index < -0.39 is 21.8 Å². The van der Waals surface area contributed by atoms with Gasteiger partial charge in [0.15, 0.2) is 0 Å². The Bertz CT molecular complexity index is 102. The summed E-state index contributed by atoms with van der Waals surface area (Å²) in [4.78, 5) is 0. The largest absolute Gasteiger partial charge is 1.00 e. The van der Waals surface area contributed by atoms with Crippen molar-refractivity contribution in [1.29, 1.82) is 0 Å². The zero-order valence-electron chi connectivity index (χ0n) is 7.95. The third kappa shape index (κ3) is 2430. The van der Waals surface area contributed by atoms with E-state index in [0.29, 0.717) is 0 Å². The minimum absolute atomic E-state index is 0. The van der Waals surface area contributed by atoms with Crippen molar-refractivity contribution in [3.63, 3.8) is 0 Å². The van der Waals surface area contributed by atoms with Crippen LogP contribution < -0.4 is 29.6 Å². The Morgan fingerprint density at radius 3 is 0.444 bits per heavy atom. The number of halogens is 13. The van der Waals surface area contributed by atoms with E-state index in [2.05, 4.69) is 9.19 Å². The van der Waals surface area contributed by atoms with Crippen LogP contribution >= 0.6 is 9.19 Å². The molecular weight excluding hydrogens is 516 g/mol. The van der Waals surface area contributed by atoms with Gasteiger partial charge in [0.05, 0.1) is 0 Å². The molecule has 0 aliphatic rings. The Balaban J connectivity index is -0.0000000427. The molecule has 0 heterocycles. The fraction of sp³-hybridized carbons (Fsp3) is 0. The van der Waals surface area contributed by atoms with E-state index in [-0.39, 0.29) is 29.6 Å². The van der Waals surface area contributed by atoms with Gasteiger partial charge in [-0.25, -0.2) is 0 Å². The molecule has 18 heavy (non-hydrogen) atoms. The first-order valence-corrected chi connectivity index (χ1v) is 5.42. The molecule has 0 aliphatic carbocycles. The topological polar surface area (TPSA) is 0 Å². The van der Waals surface area contributed by atoms with Crippen LogP contribution in [-0.2, 0) is 20.0 Å². The summed E-state index contributed by atoms with van der Waals surface area (Å²) in [5, 5.41) is 0. The molecule has 0 aromatic carbocycles. The van der Waals surface area contributed by atoms with Crippen molar-refractivity contribution >= 4 is 31.0 Å². The molecule has 0 aromatic heterocycles. The molecule has 0 radical (unpaired) electrons. The van der Waals surface area contributed by atoms with Crippen molar-refractivity contribution in [3.05, 3.63) is 0 Å². The van der Waals surface area contributed by atoms with Gasteiger partial charge in [-0.3, -0.25) is 0 Å². The van der Waals surface area contributed by atoms with Crippen molar-refractivity contribution in [2.75, 3.05) is 0 Å². The van der Waals surface area contributed by atoms with Gasteiger partial charge in [-0.1, -0.05) is 0 Å². The van der Waals surface area contributed by atoms with Gasteiger partial charge in [0.1, 0.15) is 0 Å². The maximum atomic E-state index is 9.75. The van der Waals surface area contributed by atoms with Crippen LogP contribution in [0.4, 0.5) is 51.8 Å². The first kappa shape index (κ1) is 31.7. The molecule has 0 spiro atoms. The number of rotatable bonds is 0. The maximum absolute atomic E-state index is 9.75. The molecular formula is AuB3ClF12Na. The normalized spacial score (nSPS) is 10.4. The molecule has 112 valence electrons. The summed E-state index contributed by atoms with van der Waals surface area (Å²) in [5.41, 5.74) is 0. The molecule has 0 saturated carbocycles. The Kier molecular flexibility index (Phi) is 26.0. The predicted octanol–water partition coefficient (Wildman–Crippen LogP) is 1.59. The van der Waals surface area contributed by atoms with Gasteiger partial charge in [-0.15, -0.1) is 0 Å². The summed E-state index contributed by atoms with van der Waals surface area (Å²) in [6, 6.07) is 0. The van der Waals surface area contributed by atoms with Crippen LogP contribution in [0.1, 0.15) is 0 Å². The second-order valence-electron chi connectivity index (χ2n) is 1.48. The monoisotopic (exact) mass is 516 g/mol. The Labute approximate surface area is 132 Å². The average Bonchev–Trinajstić information content (AvgIpc) is 1.77. The van der Waals surface area contributed by atoms with Crippen LogP contribution in [0.2, 0.25) is 0 Å². The standard InChI is InChI=1S/Au.3BF4.ClH.Na/c;3*2-1(3,4)5;;/h;;;;1H;/q+3;3*-1;;+1/p-1. The molecule has 0 rings (SSSR count). The van der Waals surface area contributed by atoms with Crippen molar-refractivity contribution in [3.8, 4) is 0 Å². The fourth-order valence-corrected chi connectivity index (χ4v) is 0. The zero-order valence-corrected chi connectivity index (χ0v) is 12.9. The van der Waals surface area contributed by atoms with Crippen LogP contribution in [0, 0.1) is 0 Å². The van der Waals surface area contributed by atoms with E-state index in [9.17, 15) is 51.8 Å². The van der Waals surface area contributed by atoms with Gasteiger partial charge >= 0.3 is 80.5 Å². The van der Waals surface area contributed by atoms with Gasteiger partial charge in [-0.05, 0) is 0 Å². The predicted molar refractivity (Wildman–Crippen MR) is 36.4 cm³/mol.